The first-order valence-electron chi connectivity index (χ1n) is 7.88. The van der Waals surface area contributed by atoms with Crippen LogP contribution in [0, 0.1) is 5.92 Å². The number of aromatic amines is 1. The van der Waals surface area contributed by atoms with Crippen LogP contribution in [0.25, 0.3) is 0 Å². The van der Waals surface area contributed by atoms with E-state index in [1.165, 1.54) is 0 Å². The number of carbonyl (C=O) groups excluding carboxylic acids is 1. The highest BCUT2D eigenvalue weighted by Crippen LogP contribution is 2.32. The normalized spacial score (nSPS) is 18.4. The van der Waals surface area contributed by atoms with E-state index in [0.717, 1.165) is 37.1 Å². The van der Waals surface area contributed by atoms with Gasteiger partial charge in [0.15, 0.2) is 0 Å². The Morgan fingerprint density at radius 1 is 1.50 bits per heavy atom. The fraction of sp³-hybridized carbons (Fsp3) is 0.562. The molecule has 118 valence electrons. The van der Waals surface area contributed by atoms with Gasteiger partial charge in [0.25, 0.3) is 5.91 Å². The molecule has 1 atom stereocenters. The molecular weight excluding hydrogens is 278 g/mol. The summed E-state index contributed by atoms with van der Waals surface area (Å²) in [6.45, 7) is 5.09. The number of carbonyl (C=O) groups is 1. The van der Waals surface area contributed by atoms with Crippen LogP contribution in [0.5, 0.6) is 0 Å². The Labute approximate surface area is 130 Å². The van der Waals surface area contributed by atoms with E-state index in [9.17, 15) is 4.79 Å². The molecule has 1 aliphatic heterocycles. The Morgan fingerprint density at radius 2 is 2.32 bits per heavy atom. The van der Waals surface area contributed by atoms with Gasteiger partial charge in [0.1, 0.15) is 5.69 Å². The van der Waals surface area contributed by atoms with Crippen molar-refractivity contribution >= 4 is 5.91 Å². The number of rotatable bonds is 4. The van der Waals surface area contributed by atoms with Gasteiger partial charge in [0, 0.05) is 31.0 Å². The number of nitrogens with zero attached hydrogens (tertiary/aromatic N) is 4. The first kappa shape index (κ1) is 14.8. The smallest absolute Gasteiger partial charge is 0.274 e. The van der Waals surface area contributed by atoms with E-state index in [1.54, 1.807) is 4.68 Å². The van der Waals surface area contributed by atoms with Gasteiger partial charge in [-0.1, -0.05) is 13.8 Å². The third-order valence-corrected chi connectivity index (χ3v) is 4.10. The summed E-state index contributed by atoms with van der Waals surface area (Å²) in [7, 11) is 1.90. The quantitative estimate of drug-likeness (QED) is 0.942. The zero-order valence-electron chi connectivity index (χ0n) is 13.4. The van der Waals surface area contributed by atoms with Gasteiger partial charge < -0.3 is 4.90 Å². The lowest BCUT2D eigenvalue weighted by molar-refractivity contribution is 0.0729. The van der Waals surface area contributed by atoms with Crippen LogP contribution < -0.4 is 0 Å². The predicted molar refractivity (Wildman–Crippen MR) is 83.3 cm³/mol. The van der Waals surface area contributed by atoms with Crippen LogP contribution in [-0.2, 0) is 13.5 Å². The highest BCUT2D eigenvalue weighted by atomic mass is 16.2. The van der Waals surface area contributed by atoms with Crippen molar-refractivity contribution in [2.75, 3.05) is 6.54 Å². The molecule has 0 aliphatic carbocycles. The third-order valence-electron chi connectivity index (χ3n) is 4.10. The molecule has 3 rings (SSSR count). The van der Waals surface area contributed by atoms with Crippen molar-refractivity contribution in [1.82, 2.24) is 24.9 Å². The van der Waals surface area contributed by atoms with Gasteiger partial charge in [0.2, 0.25) is 0 Å². The largest absolute Gasteiger partial charge is 0.330 e. The van der Waals surface area contributed by atoms with Crippen LogP contribution in [0.2, 0.25) is 0 Å². The highest BCUT2D eigenvalue weighted by molar-refractivity contribution is 5.92. The van der Waals surface area contributed by atoms with Gasteiger partial charge in [-0.05, 0) is 31.2 Å². The maximum Gasteiger partial charge on any atom is 0.274 e. The molecule has 1 fully saturated rings. The summed E-state index contributed by atoms with van der Waals surface area (Å²) in [5, 5.41) is 11.4. The molecule has 3 heterocycles. The summed E-state index contributed by atoms with van der Waals surface area (Å²) in [6.07, 6.45) is 6.76. The second-order valence-corrected chi connectivity index (χ2v) is 6.48. The number of H-pyrrole nitrogens is 1. The molecule has 0 spiro atoms. The summed E-state index contributed by atoms with van der Waals surface area (Å²) in [5.41, 5.74) is 2.65. The minimum atomic E-state index is 0.0117. The molecule has 2 aromatic rings. The molecule has 6 heteroatoms. The zero-order chi connectivity index (χ0) is 15.7. The lowest BCUT2D eigenvalue weighted by Crippen LogP contribution is -2.30. The molecule has 6 nitrogen and oxygen atoms in total. The van der Waals surface area contributed by atoms with Gasteiger partial charge in [-0.3, -0.25) is 14.6 Å². The topological polar surface area (TPSA) is 66.8 Å². The van der Waals surface area contributed by atoms with Crippen molar-refractivity contribution in [2.24, 2.45) is 13.0 Å². The summed E-state index contributed by atoms with van der Waals surface area (Å²) in [5.74, 6) is 0.552. The Morgan fingerprint density at radius 3 is 3.00 bits per heavy atom. The SMILES string of the molecule is CC(C)Cc1cc(C(=O)N2CCC[C@@H]2c2cnn(C)c2)n[nH]1. The number of aryl methyl sites for hydroxylation is 1. The minimum Gasteiger partial charge on any atom is -0.330 e. The molecule has 0 bridgehead atoms. The van der Waals surface area contributed by atoms with Crippen molar-refractivity contribution < 1.29 is 4.79 Å². The molecule has 1 aliphatic rings. The summed E-state index contributed by atoms with van der Waals surface area (Å²) >= 11 is 0. The van der Waals surface area contributed by atoms with Crippen molar-refractivity contribution in [3.05, 3.63) is 35.4 Å². The van der Waals surface area contributed by atoms with Crippen LogP contribution in [0.1, 0.15) is 54.5 Å². The first-order chi connectivity index (χ1) is 10.5. The zero-order valence-corrected chi connectivity index (χ0v) is 13.4. The Bertz CT molecular complexity index is 657. The van der Waals surface area contributed by atoms with Gasteiger partial charge in [-0.25, -0.2) is 0 Å². The van der Waals surface area contributed by atoms with E-state index >= 15 is 0 Å². The lowest BCUT2D eigenvalue weighted by atomic mass is 10.1. The Hall–Kier alpha value is -2.11. The highest BCUT2D eigenvalue weighted by Gasteiger charge is 2.32. The van der Waals surface area contributed by atoms with Crippen molar-refractivity contribution in [1.29, 1.82) is 0 Å². The van der Waals surface area contributed by atoms with Gasteiger partial charge in [-0.2, -0.15) is 10.2 Å². The molecule has 1 saturated heterocycles. The van der Waals surface area contributed by atoms with Crippen LogP contribution >= 0.6 is 0 Å². The molecular formula is C16H23N5O. The van der Waals surface area contributed by atoms with Crippen LogP contribution in [-0.4, -0.2) is 37.3 Å². The number of nitrogens with one attached hydrogen (secondary N) is 1. The molecule has 0 aromatic carbocycles. The summed E-state index contributed by atoms with van der Waals surface area (Å²) < 4.78 is 1.78. The van der Waals surface area contributed by atoms with Crippen LogP contribution in [0.4, 0.5) is 0 Å². The number of aromatic nitrogens is 4. The molecule has 1 amide bonds. The van der Waals surface area contributed by atoms with Crippen molar-refractivity contribution in [2.45, 2.75) is 39.2 Å². The second kappa shape index (κ2) is 5.94. The summed E-state index contributed by atoms with van der Waals surface area (Å²) in [4.78, 5) is 14.7. The van der Waals surface area contributed by atoms with E-state index in [0.29, 0.717) is 11.6 Å². The van der Waals surface area contributed by atoms with E-state index in [4.69, 9.17) is 0 Å². The Kier molecular flexibility index (Phi) is 4.00. The molecule has 1 N–H and O–H groups in total. The molecule has 0 radical (unpaired) electrons. The first-order valence-corrected chi connectivity index (χ1v) is 7.88. The molecule has 22 heavy (non-hydrogen) atoms. The lowest BCUT2D eigenvalue weighted by Gasteiger charge is -2.22. The van der Waals surface area contributed by atoms with E-state index < -0.39 is 0 Å². The minimum absolute atomic E-state index is 0.0117. The number of likely N-dealkylation sites (tertiary alicyclic amines) is 1. The van der Waals surface area contributed by atoms with E-state index in [2.05, 4.69) is 29.1 Å². The fourth-order valence-electron chi connectivity index (χ4n) is 3.13. The fourth-order valence-corrected chi connectivity index (χ4v) is 3.13. The van der Waals surface area contributed by atoms with Crippen LogP contribution in [0.15, 0.2) is 18.5 Å². The van der Waals surface area contributed by atoms with Crippen LogP contribution in [0.3, 0.4) is 0 Å². The number of hydrogen-bond acceptors (Lipinski definition) is 3. The third kappa shape index (κ3) is 2.91. The van der Waals surface area contributed by atoms with Crippen molar-refractivity contribution in [3.63, 3.8) is 0 Å². The van der Waals surface area contributed by atoms with E-state index in [1.807, 2.05) is 30.4 Å². The van der Waals surface area contributed by atoms with Crippen molar-refractivity contribution in [3.8, 4) is 0 Å². The van der Waals surface area contributed by atoms with Gasteiger partial charge >= 0.3 is 0 Å². The standard InChI is InChI=1S/C16H23N5O/c1-11(2)7-13-8-14(19-18-13)16(22)21-6-4-5-15(21)12-9-17-20(3)10-12/h8-11,15H,4-7H2,1-3H3,(H,18,19)/t15-/m1/s1. The van der Waals surface area contributed by atoms with Gasteiger partial charge in [-0.15, -0.1) is 0 Å². The maximum absolute atomic E-state index is 12.8. The molecule has 2 aromatic heterocycles. The average Bonchev–Trinajstić information content (AvgIpc) is 3.16. The Balaban J connectivity index is 1.77. The number of hydrogen-bond donors (Lipinski definition) is 1. The second-order valence-electron chi connectivity index (χ2n) is 6.48. The average molecular weight is 301 g/mol. The van der Waals surface area contributed by atoms with Gasteiger partial charge in [0.05, 0.1) is 12.2 Å². The van der Waals surface area contributed by atoms with E-state index in [-0.39, 0.29) is 11.9 Å². The molecule has 0 saturated carbocycles. The summed E-state index contributed by atoms with van der Waals surface area (Å²) in [6, 6.07) is 2.01. The molecule has 0 unspecified atom stereocenters. The number of amides is 1. The maximum atomic E-state index is 12.8. The predicted octanol–water partition coefficient (Wildman–Crippen LogP) is 2.32. The monoisotopic (exact) mass is 301 g/mol.